The number of rotatable bonds is 2. The highest BCUT2D eigenvalue weighted by molar-refractivity contribution is 7.99. The molecule has 0 unspecified atom stereocenters. The van der Waals surface area contributed by atoms with E-state index in [1.54, 1.807) is 11.8 Å². The summed E-state index contributed by atoms with van der Waals surface area (Å²) >= 11 is 1.57. The monoisotopic (exact) mass is 405 g/mol. The summed E-state index contributed by atoms with van der Waals surface area (Å²) in [6.07, 6.45) is -1.64. The lowest BCUT2D eigenvalue weighted by Gasteiger charge is -2.37. The van der Waals surface area contributed by atoms with Gasteiger partial charge in [0.1, 0.15) is 6.61 Å². The van der Waals surface area contributed by atoms with Crippen LogP contribution >= 0.6 is 11.8 Å². The van der Waals surface area contributed by atoms with E-state index in [0.29, 0.717) is 0 Å². The van der Waals surface area contributed by atoms with Gasteiger partial charge in [-0.3, -0.25) is 4.79 Å². The van der Waals surface area contributed by atoms with Crippen molar-refractivity contribution in [3.8, 4) is 0 Å². The van der Waals surface area contributed by atoms with E-state index in [1.807, 2.05) is 66.7 Å². The fourth-order valence-electron chi connectivity index (χ4n) is 4.19. The maximum absolute atomic E-state index is 13.4. The number of carbonyl (C=O) groups is 2. The van der Waals surface area contributed by atoms with Crippen LogP contribution in [0.3, 0.4) is 0 Å². The quantitative estimate of drug-likeness (QED) is 0.688. The third kappa shape index (κ3) is 2.99. The van der Waals surface area contributed by atoms with Crippen LogP contribution in [0.2, 0.25) is 0 Å². The number of imide groups is 1. The zero-order chi connectivity index (χ0) is 20.0. The topological polar surface area (TPSA) is 66.8 Å². The Kier molecular flexibility index (Phi) is 4.53. The molecule has 146 valence electrons. The molecule has 0 saturated carbocycles. The Morgan fingerprint density at radius 2 is 1.72 bits per heavy atom. The molecule has 2 amide bonds. The van der Waals surface area contributed by atoms with Gasteiger partial charge in [0.05, 0.1) is 18.6 Å². The smallest absolute Gasteiger partial charge is 0.416 e. The summed E-state index contributed by atoms with van der Waals surface area (Å²) in [5, 5.41) is 13.0. The van der Waals surface area contributed by atoms with Gasteiger partial charge in [0, 0.05) is 10.1 Å². The Labute approximate surface area is 172 Å². The molecular weight excluding hydrogens is 386 g/mol. The third-order valence-electron chi connectivity index (χ3n) is 5.60. The standard InChI is InChI=1S/C23H19NO4S/c25-20-17-9-3-4-11-18(17)29-21(19(20)22(26)24-12-13-28-23(24)27)16-10-5-7-14-6-1-2-8-15(14)16/h1-11,19-21,25H,12-13H2/t19-,20+,21+/m1/s1. The normalized spacial score (nSPS) is 23.7. The van der Waals surface area contributed by atoms with Gasteiger partial charge in [0.2, 0.25) is 5.91 Å². The lowest BCUT2D eigenvalue weighted by molar-refractivity contribution is -0.136. The maximum Gasteiger partial charge on any atom is 0.416 e. The number of ether oxygens (including phenoxy) is 1. The van der Waals surface area contributed by atoms with Gasteiger partial charge in [-0.25, -0.2) is 9.69 Å². The Morgan fingerprint density at radius 3 is 2.55 bits per heavy atom. The second-order valence-corrected chi connectivity index (χ2v) is 8.40. The van der Waals surface area contributed by atoms with E-state index < -0.39 is 18.1 Å². The van der Waals surface area contributed by atoms with Crippen LogP contribution in [-0.2, 0) is 9.53 Å². The number of nitrogens with zero attached hydrogens (tertiary/aromatic N) is 1. The van der Waals surface area contributed by atoms with Crippen molar-refractivity contribution in [1.82, 2.24) is 4.90 Å². The predicted molar refractivity (Wildman–Crippen MR) is 110 cm³/mol. The van der Waals surface area contributed by atoms with Crippen LogP contribution in [0.5, 0.6) is 0 Å². The number of benzene rings is 3. The average molecular weight is 405 g/mol. The highest BCUT2D eigenvalue weighted by Crippen LogP contribution is 2.54. The van der Waals surface area contributed by atoms with Crippen molar-refractivity contribution < 1.29 is 19.4 Å². The van der Waals surface area contributed by atoms with Crippen LogP contribution < -0.4 is 0 Å². The van der Waals surface area contributed by atoms with E-state index >= 15 is 0 Å². The molecule has 6 heteroatoms. The van der Waals surface area contributed by atoms with Gasteiger partial charge < -0.3 is 9.84 Å². The predicted octanol–water partition coefficient (Wildman–Crippen LogP) is 4.32. The van der Waals surface area contributed by atoms with Crippen molar-refractivity contribution >= 4 is 34.5 Å². The molecule has 0 radical (unpaired) electrons. The summed E-state index contributed by atoms with van der Waals surface area (Å²) in [5.74, 6) is -1.17. The maximum atomic E-state index is 13.4. The summed E-state index contributed by atoms with van der Waals surface area (Å²) in [4.78, 5) is 27.5. The van der Waals surface area contributed by atoms with Crippen LogP contribution in [0, 0.1) is 5.92 Å². The Bertz CT molecular complexity index is 1110. The molecule has 3 atom stereocenters. The Morgan fingerprint density at radius 1 is 1.00 bits per heavy atom. The second-order valence-electron chi connectivity index (χ2n) is 7.22. The molecule has 2 aliphatic heterocycles. The third-order valence-corrected chi connectivity index (χ3v) is 7.03. The molecule has 1 saturated heterocycles. The van der Waals surface area contributed by atoms with Gasteiger partial charge in [-0.2, -0.15) is 0 Å². The molecule has 1 N–H and O–H groups in total. The number of carbonyl (C=O) groups excluding carboxylic acids is 2. The second kappa shape index (κ2) is 7.21. The molecule has 0 spiro atoms. The SMILES string of the molecule is O=C1OCCN1C(=O)[C@@H]1[C@@H](O)c2ccccc2S[C@H]1c1cccc2ccccc12. The summed E-state index contributed by atoms with van der Waals surface area (Å²) in [5.41, 5.74) is 1.70. The van der Waals surface area contributed by atoms with Crippen molar-refractivity contribution in [1.29, 1.82) is 0 Å². The number of cyclic esters (lactones) is 1. The number of hydrogen-bond acceptors (Lipinski definition) is 5. The van der Waals surface area contributed by atoms with Crippen molar-refractivity contribution in [3.05, 3.63) is 77.9 Å². The van der Waals surface area contributed by atoms with Gasteiger partial charge in [0.15, 0.2) is 0 Å². The summed E-state index contributed by atoms with van der Waals surface area (Å²) in [7, 11) is 0. The number of amides is 2. The summed E-state index contributed by atoms with van der Waals surface area (Å²) in [6.45, 7) is 0.408. The molecule has 2 heterocycles. The van der Waals surface area contributed by atoms with Crippen LogP contribution in [0.1, 0.15) is 22.5 Å². The molecule has 29 heavy (non-hydrogen) atoms. The van der Waals surface area contributed by atoms with E-state index in [2.05, 4.69) is 0 Å². The molecule has 3 aromatic carbocycles. The highest BCUT2D eigenvalue weighted by Gasteiger charge is 2.46. The number of fused-ring (bicyclic) bond motifs is 2. The van der Waals surface area contributed by atoms with Crippen LogP contribution in [0.25, 0.3) is 10.8 Å². The molecule has 2 aliphatic rings. The van der Waals surface area contributed by atoms with E-state index in [0.717, 1.165) is 31.7 Å². The van der Waals surface area contributed by atoms with Crippen molar-refractivity contribution in [3.63, 3.8) is 0 Å². The molecule has 3 aromatic rings. The molecule has 5 nitrogen and oxygen atoms in total. The molecule has 0 aromatic heterocycles. The number of hydrogen-bond donors (Lipinski definition) is 1. The first-order valence-electron chi connectivity index (χ1n) is 9.54. The lowest BCUT2D eigenvalue weighted by atomic mass is 9.85. The fourth-order valence-corrected chi connectivity index (χ4v) is 5.69. The zero-order valence-corrected chi connectivity index (χ0v) is 16.3. The number of aliphatic hydroxyl groups is 1. The molecule has 5 rings (SSSR count). The summed E-state index contributed by atoms with van der Waals surface area (Å²) < 4.78 is 4.97. The molecule has 0 aliphatic carbocycles. The minimum absolute atomic E-state index is 0.191. The van der Waals surface area contributed by atoms with Gasteiger partial charge in [0.25, 0.3) is 0 Å². The van der Waals surface area contributed by atoms with Crippen molar-refractivity contribution in [2.45, 2.75) is 16.2 Å². The number of thioether (sulfide) groups is 1. The van der Waals surface area contributed by atoms with Gasteiger partial charge in [-0.05, 0) is 28.0 Å². The minimum Gasteiger partial charge on any atom is -0.447 e. The van der Waals surface area contributed by atoms with Crippen LogP contribution in [0.15, 0.2) is 71.6 Å². The number of aliphatic hydroxyl groups excluding tert-OH is 1. The van der Waals surface area contributed by atoms with Crippen LogP contribution in [-0.4, -0.2) is 35.2 Å². The Balaban J connectivity index is 1.66. The van der Waals surface area contributed by atoms with Crippen molar-refractivity contribution in [2.24, 2.45) is 5.92 Å². The zero-order valence-electron chi connectivity index (χ0n) is 15.5. The van der Waals surface area contributed by atoms with Crippen LogP contribution in [0.4, 0.5) is 4.79 Å². The van der Waals surface area contributed by atoms with E-state index in [4.69, 9.17) is 4.74 Å². The van der Waals surface area contributed by atoms with Gasteiger partial charge in [-0.1, -0.05) is 60.7 Å². The largest absolute Gasteiger partial charge is 0.447 e. The molecular formula is C23H19NO4S. The lowest BCUT2D eigenvalue weighted by Crippen LogP contribution is -2.42. The first-order valence-corrected chi connectivity index (χ1v) is 10.4. The summed E-state index contributed by atoms with van der Waals surface area (Å²) in [6, 6.07) is 21.6. The van der Waals surface area contributed by atoms with E-state index in [1.165, 1.54) is 0 Å². The minimum atomic E-state index is -1.00. The first kappa shape index (κ1) is 18.2. The highest BCUT2D eigenvalue weighted by atomic mass is 32.2. The van der Waals surface area contributed by atoms with Gasteiger partial charge >= 0.3 is 6.09 Å². The van der Waals surface area contributed by atoms with Gasteiger partial charge in [-0.15, -0.1) is 11.8 Å². The Hall–Kier alpha value is -2.83. The van der Waals surface area contributed by atoms with Crippen molar-refractivity contribution in [2.75, 3.05) is 13.2 Å². The molecule has 0 bridgehead atoms. The fraction of sp³-hybridized carbons (Fsp3) is 0.217. The molecule has 1 fully saturated rings. The first-order chi connectivity index (χ1) is 14.1. The van der Waals surface area contributed by atoms with E-state index in [9.17, 15) is 14.7 Å². The van der Waals surface area contributed by atoms with E-state index in [-0.39, 0.29) is 24.3 Å². The average Bonchev–Trinajstić information content (AvgIpc) is 3.19.